The van der Waals surface area contributed by atoms with Gasteiger partial charge in [-0.2, -0.15) is 0 Å². The van der Waals surface area contributed by atoms with Gasteiger partial charge in [0.05, 0.1) is 12.1 Å². The molecule has 0 aliphatic carbocycles. The van der Waals surface area contributed by atoms with Crippen molar-refractivity contribution in [3.63, 3.8) is 0 Å². The molecule has 1 heterocycles. The number of halogens is 1. The molecule has 1 aliphatic rings. The molecule has 1 aliphatic heterocycles. The van der Waals surface area contributed by atoms with Crippen LogP contribution >= 0.6 is 11.8 Å². The minimum absolute atomic E-state index is 0.276. The van der Waals surface area contributed by atoms with Crippen LogP contribution in [-0.4, -0.2) is 36.6 Å². The summed E-state index contributed by atoms with van der Waals surface area (Å²) in [6.07, 6.45) is 3.12. The zero-order valence-corrected chi connectivity index (χ0v) is 17.6. The summed E-state index contributed by atoms with van der Waals surface area (Å²) in [4.78, 5) is 15.7. The van der Waals surface area contributed by atoms with Crippen LogP contribution in [0, 0.1) is 5.82 Å². The summed E-state index contributed by atoms with van der Waals surface area (Å²) in [7, 11) is 0. The standard InChI is InChI=1S/C22H28FN3O2S/c1-15(25-22(28)24-14-16-3-6-19(29-2)7-4-16)20-13-17(23)5-8-21(20)26-11-9-18(27)10-12-26/h3-8,13,15,18,27H,9-12,14H2,1-2H3,(H2,24,25,28). The molecule has 0 radical (unpaired) electrons. The van der Waals surface area contributed by atoms with E-state index in [2.05, 4.69) is 15.5 Å². The number of piperidine rings is 1. The monoisotopic (exact) mass is 417 g/mol. The zero-order chi connectivity index (χ0) is 20.8. The molecule has 7 heteroatoms. The van der Waals surface area contributed by atoms with E-state index in [0.29, 0.717) is 32.5 Å². The smallest absolute Gasteiger partial charge is 0.315 e. The van der Waals surface area contributed by atoms with E-state index < -0.39 is 0 Å². The molecule has 3 rings (SSSR count). The van der Waals surface area contributed by atoms with Crippen LogP contribution in [0.4, 0.5) is 14.9 Å². The van der Waals surface area contributed by atoms with Crippen molar-refractivity contribution in [2.24, 2.45) is 0 Å². The van der Waals surface area contributed by atoms with E-state index in [1.165, 1.54) is 17.0 Å². The lowest BCUT2D eigenvalue weighted by Crippen LogP contribution is -2.39. The summed E-state index contributed by atoms with van der Waals surface area (Å²) in [5.74, 6) is -0.330. The zero-order valence-electron chi connectivity index (χ0n) is 16.8. The Labute approximate surface area is 175 Å². The Morgan fingerprint density at radius 1 is 1.24 bits per heavy atom. The van der Waals surface area contributed by atoms with E-state index in [9.17, 15) is 14.3 Å². The average molecular weight is 418 g/mol. The van der Waals surface area contributed by atoms with Crippen LogP contribution in [-0.2, 0) is 6.54 Å². The van der Waals surface area contributed by atoms with Crippen molar-refractivity contribution in [1.82, 2.24) is 10.6 Å². The molecule has 0 spiro atoms. The quantitative estimate of drug-likeness (QED) is 0.620. The molecule has 1 fully saturated rings. The summed E-state index contributed by atoms with van der Waals surface area (Å²) >= 11 is 1.67. The van der Waals surface area contributed by atoms with Gasteiger partial charge in [-0.15, -0.1) is 11.8 Å². The van der Waals surface area contributed by atoms with Crippen LogP contribution < -0.4 is 15.5 Å². The van der Waals surface area contributed by atoms with E-state index >= 15 is 0 Å². The maximum Gasteiger partial charge on any atom is 0.315 e. The van der Waals surface area contributed by atoms with Crippen molar-refractivity contribution in [2.45, 2.75) is 43.4 Å². The minimum Gasteiger partial charge on any atom is -0.393 e. The van der Waals surface area contributed by atoms with Gasteiger partial charge < -0.3 is 20.6 Å². The van der Waals surface area contributed by atoms with Gasteiger partial charge in [0.15, 0.2) is 0 Å². The fraction of sp³-hybridized carbons (Fsp3) is 0.409. The first-order valence-electron chi connectivity index (χ1n) is 9.86. The number of urea groups is 1. The van der Waals surface area contributed by atoms with Crippen LogP contribution in [0.3, 0.4) is 0 Å². The van der Waals surface area contributed by atoms with Crippen molar-refractivity contribution in [2.75, 3.05) is 24.2 Å². The number of aliphatic hydroxyl groups is 1. The first-order chi connectivity index (χ1) is 14.0. The van der Waals surface area contributed by atoms with Gasteiger partial charge in [0.2, 0.25) is 0 Å². The van der Waals surface area contributed by atoms with Gasteiger partial charge >= 0.3 is 6.03 Å². The van der Waals surface area contributed by atoms with Crippen LogP contribution in [0.5, 0.6) is 0 Å². The van der Waals surface area contributed by atoms with E-state index in [1.807, 2.05) is 37.4 Å². The molecule has 2 aromatic carbocycles. The number of hydrogen-bond acceptors (Lipinski definition) is 4. The molecular weight excluding hydrogens is 389 g/mol. The summed E-state index contributed by atoms with van der Waals surface area (Å²) in [6.45, 7) is 3.70. The Morgan fingerprint density at radius 2 is 1.93 bits per heavy atom. The topological polar surface area (TPSA) is 64.6 Å². The Hall–Kier alpha value is -2.25. The van der Waals surface area contributed by atoms with Gasteiger partial charge in [0, 0.05) is 35.8 Å². The second-order valence-corrected chi connectivity index (χ2v) is 8.20. The van der Waals surface area contributed by atoms with E-state index in [1.54, 1.807) is 17.8 Å². The highest BCUT2D eigenvalue weighted by Crippen LogP contribution is 2.29. The minimum atomic E-state index is -0.355. The molecule has 5 nitrogen and oxygen atoms in total. The van der Waals surface area contributed by atoms with Crippen molar-refractivity contribution < 1.29 is 14.3 Å². The lowest BCUT2D eigenvalue weighted by Gasteiger charge is -2.34. The van der Waals surface area contributed by atoms with E-state index in [0.717, 1.165) is 16.8 Å². The summed E-state index contributed by atoms with van der Waals surface area (Å²) in [5.41, 5.74) is 2.66. The Balaban J connectivity index is 1.62. The normalized spacial score (nSPS) is 15.8. The van der Waals surface area contributed by atoms with Crippen molar-refractivity contribution in [3.05, 3.63) is 59.4 Å². The van der Waals surface area contributed by atoms with Crippen molar-refractivity contribution >= 4 is 23.5 Å². The predicted octanol–water partition coefficient (Wildman–Crippen LogP) is 4.07. The van der Waals surface area contributed by atoms with E-state index in [-0.39, 0.29) is 24.0 Å². The van der Waals surface area contributed by atoms with Gasteiger partial charge in [0.1, 0.15) is 5.82 Å². The predicted molar refractivity (Wildman–Crippen MR) is 116 cm³/mol. The average Bonchev–Trinajstić information content (AvgIpc) is 2.73. The number of rotatable bonds is 6. The maximum atomic E-state index is 13.9. The lowest BCUT2D eigenvalue weighted by molar-refractivity contribution is 0.145. The SMILES string of the molecule is CSc1ccc(CNC(=O)NC(C)c2cc(F)ccc2N2CCC(O)CC2)cc1. The number of hydrogen-bond donors (Lipinski definition) is 3. The van der Waals surface area contributed by atoms with E-state index in [4.69, 9.17) is 0 Å². The van der Waals surface area contributed by atoms with Crippen LogP contribution in [0.15, 0.2) is 47.4 Å². The fourth-order valence-electron chi connectivity index (χ4n) is 3.52. The Bertz CT molecular complexity index is 823. The molecule has 2 aromatic rings. The molecule has 1 atom stereocenters. The molecular formula is C22H28FN3O2S. The van der Waals surface area contributed by atoms with Crippen molar-refractivity contribution in [1.29, 1.82) is 0 Å². The highest BCUT2D eigenvalue weighted by atomic mass is 32.2. The van der Waals surface area contributed by atoms with Gasteiger partial charge in [-0.1, -0.05) is 12.1 Å². The van der Waals surface area contributed by atoms with Crippen molar-refractivity contribution in [3.8, 4) is 0 Å². The van der Waals surface area contributed by atoms with Gasteiger partial charge in [0.25, 0.3) is 0 Å². The first-order valence-corrected chi connectivity index (χ1v) is 11.1. The second-order valence-electron chi connectivity index (χ2n) is 7.32. The largest absolute Gasteiger partial charge is 0.393 e. The summed E-state index contributed by atoms with van der Waals surface area (Å²) in [5, 5.41) is 15.5. The lowest BCUT2D eigenvalue weighted by atomic mass is 10.0. The first kappa shape index (κ1) is 21.5. The van der Waals surface area contributed by atoms with Gasteiger partial charge in [-0.05, 0) is 61.9 Å². The molecule has 3 N–H and O–H groups in total. The molecule has 0 aromatic heterocycles. The molecule has 1 unspecified atom stereocenters. The number of nitrogens with one attached hydrogen (secondary N) is 2. The Kier molecular flexibility index (Phi) is 7.39. The molecule has 2 amide bonds. The van der Waals surface area contributed by atoms with Gasteiger partial charge in [-0.3, -0.25) is 0 Å². The third-order valence-electron chi connectivity index (χ3n) is 5.22. The van der Waals surface area contributed by atoms with Crippen LogP contribution in [0.1, 0.15) is 36.9 Å². The maximum absolute atomic E-state index is 13.9. The second kappa shape index (κ2) is 9.98. The molecule has 29 heavy (non-hydrogen) atoms. The number of nitrogens with zero attached hydrogens (tertiary/aromatic N) is 1. The fourth-order valence-corrected chi connectivity index (χ4v) is 3.93. The highest BCUT2D eigenvalue weighted by molar-refractivity contribution is 7.98. The number of carbonyl (C=O) groups is 1. The molecule has 1 saturated heterocycles. The molecule has 0 bridgehead atoms. The third kappa shape index (κ3) is 5.87. The number of aliphatic hydroxyl groups excluding tert-OH is 1. The third-order valence-corrected chi connectivity index (χ3v) is 5.96. The van der Waals surface area contributed by atoms with Crippen LogP contribution in [0.2, 0.25) is 0 Å². The number of anilines is 1. The van der Waals surface area contributed by atoms with Gasteiger partial charge in [-0.25, -0.2) is 9.18 Å². The number of benzene rings is 2. The highest BCUT2D eigenvalue weighted by Gasteiger charge is 2.22. The number of amides is 2. The number of thioether (sulfide) groups is 1. The Morgan fingerprint density at radius 3 is 2.59 bits per heavy atom. The summed E-state index contributed by atoms with van der Waals surface area (Å²) in [6, 6.07) is 12.1. The molecule has 0 saturated carbocycles. The summed E-state index contributed by atoms with van der Waals surface area (Å²) < 4.78 is 13.9. The molecule has 156 valence electrons. The van der Waals surface area contributed by atoms with Crippen LogP contribution in [0.25, 0.3) is 0 Å². The number of carbonyl (C=O) groups excluding carboxylic acids is 1.